The second-order valence-corrected chi connectivity index (χ2v) is 3.07. The molecule has 7 heteroatoms. The van der Waals surface area contributed by atoms with E-state index in [1.165, 1.54) is 0 Å². The third-order valence-electron chi connectivity index (χ3n) is 0.886. The Kier molecular flexibility index (Phi) is 8.52. The van der Waals surface area contributed by atoms with Gasteiger partial charge >= 0.3 is 12.2 Å². The van der Waals surface area contributed by atoms with E-state index in [-0.39, 0.29) is 20.6 Å². The summed E-state index contributed by atoms with van der Waals surface area (Å²) in [6.45, 7) is 6.67. The van der Waals surface area contributed by atoms with Gasteiger partial charge in [0.15, 0.2) is 0 Å². The number of hydrogen-bond donors (Lipinski definition) is 0. The average Bonchev–Trinajstić information content (AvgIpc) is 1.98. The number of carbonyl (C=O) groups is 2. The third kappa shape index (κ3) is 10.5. The van der Waals surface area contributed by atoms with Crippen molar-refractivity contribution in [3.05, 3.63) is 0 Å². The maximum absolute atomic E-state index is 10.8. The lowest BCUT2D eigenvalue weighted by Crippen LogP contribution is -2.09. The SMILES string of the molecule is B.CC(C)OC(=O)N=NC(=O)OC(C)C. The molecule has 0 rings (SSSR count). The van der Waals surface area contributed by atoms with Crippen LogP contribution in [-0.4, -0.2) is 32.8 Å². The highest BCUT2D eigenvalue weighted by Gasteiger charge is 2.06. The summed E-state index contributed by atoms with van der Waals surface area (Å²) in [5.74, 6) is 0. The first-order chi connectivity index (χ1) is 6.41. The van der Waals surface area contributed by atoms with Crippen LogP contribution in [0.25, 0.3) is 0 Å². The minimum absolute atomic E-state index is 0. The molecule has 0 radical (unpaired) electrons. The molecule has 0 aromatic carbocycles. The van der Waals surface area contributed by atoms with Crippen LogP contribution in [0.5, 0.6) is 0 Å². The normalized spacial score (nSPS) is 10.3. The van der Waals surface area contributed by atoms with Crippen LogP contribution in [0, 0.1) is 0 Å². The van der Waals surface area contributed by atoms with Crippen LogP contribution >= 0.6 is 0 Å². The van der Waals surface area contributed by atoms with Crippen molar-refractivity contribution in [1.82, 2.24) is 0 Å². The lowest BCUT2D eigenvalue weighted by Gasteiger charge is -2.03. The predicted molar refractivity (Wildman–Crippen MR) is 58.0 cm³/mol. The topological polar surface area (TPSA) is 77.3 Å². The monoisotopic (exact) mass is 216 g/mol. The highest BCUT2D eigenvalue weighted by atomic mass is 16.6. The highest BCUT2D eigenvalue weighted by Crippen LogP contribution is 1.96. The minimum Gasteiger partial charge on any atom is -0.444 e. The Morgan fingerprint density at radius 1 is 0.867 bits per heavy atom. The summed E-state index contributed by atoms with van der Waals surface area (Å²) in [6, 6.07) is 0. The van der Waals surface area contributed by atoms with Crippen molar-refractivity contribution in [2.75, 3.05) is 0 Å². The molecule has 0 fully saturated rings. The van der Waals surface area contributed by atoms with Gasteiger partial charge in [-0.3, -0.25) is 0 Å². The molecule has 0 saturated heterocycles. The van der Waals surface area contributed by atoms with Crippen molar-refractivity contribution in [2.45, 2.75) is 39.9 Å². The van der Waals surface area contributed by atoms with Gasteiger partial charge in [-0.1, -0.05) is 10.2 Å². The van der Waals surface area contributed by atoms with Gasteiger partial charge in [-0.25, -0.2) is 9.59 Å². The molecule has 0 aliphatic heterocycles. The number of amides is 2. The van der Waals surface area contributed by atoms with Crippen molar-refractivity contribution < 1.29 is 19.1 Å². The smallest absolute Gasteiger partial charge is 0.444 e. The summed E-state index contributed by atoms with van der Waals surface area (Å²) in [5.41, 5.74) is 0. The number of rotatable bonds is 2. The van der Waals surface area contributed by atoms with Gasteiger partial charge in [-0.2, -0.15) is 0 Å². The molecular formula is C8H17BN2O4. The van der Waals surface area contributed by atoms with Crippen LogP contribution in [0.3, 0.4) is 0 Å². The second kappa shape index (κ2) is 7.96. The van der Waals surface area contributed by atoms with E-state index in [2.05, 4.69) is 19.7 Å². The number of hydrogen-bond acceptors (Lipinski definition) is 4. The summed E-state index contributed by atoms with van der Waals surface area (Å²) in [5, 5.41) is 6.01. The predicted octanol–water partition coefficient (Wildman–Crippen LogP) is 1.34. The summed E-state index contributed by atoms with van der Waals surface area (Å²) in [7, 11) is 0. The zero-order chi connectivity index (χ0) is 11.1. The van der Waals surface area contributed by atoms with Crippen molar-refractivity contribution in [3.63, 3.8) is 0 Å². The van der Waals surface area contributed by atoms with Gasteiger partial charge in [0.1, 0.15) is 0 Å². The Bertz CT molecular complexity index is 217. The Balaban J connectivity index is 0. The Hall–Kier alpha value is -1.40. The average molecular weight is 216 g/mol. The van der Waals surface area contributed by atoms with Gasteiger partial charge in [-0.05, 0) is 27.7 Å². The first kappa shape index (κ1) is 16.1. The maximum Gasteiger partial charge on any atom is 0.452 e. The van der Waals surface area contributed by atoms with E-state index in [0.29, 0.717) is 0 Å². The fourth-order valence-corrected chi connectivity index (χ4v) is 0.532. The van der Waals surface area contributed by atoms with Crippen LogP contribution in [0.15, 0.2) is 10.2 Å². The van der Waals surface area contributed by atoms with E-state index < -0.39 is 12.2 Å². The zero-order valence-electron chi connectivity index (χ0n) is 8.68. The van der Waals surface area contributed by atoms with Gasteiger partial charge in [0.25, 0.3) is 0 Å². The Morgan fingerprint density at radius 2 is 1.13 bits per heavy atom. The van der Waals surface area contributed by atoms with E-state index in [0.717, 1.165) is 0 Å². The molecule has 0 aromatic rings. The standard InChI is InChI=1S/C8H14N2O4.BH3/c1-5(2)13-7(11)9-10-8(12)14-6(3)4;/h5-6H,1-4H3;1H3. The van der Waals surface area contributed by atoms with E-state index >= 15 is 0 Å². The molecule has 0 aliphatic rings. The molecule has 0 aliphatic carbocycles. The molecule has 0 heterocycles. The van der Waals surface area contributed by atoms with Gasteiger partial charge in [0, 0.05) is 0 Å². The molecule has 0 unspecified atom stereocenters. The molecule has 6 nitrogen and oxygen atoms in total. The van der Waals surface area contributed by atoms with E-state index in [1.807, 2.05) is 0 Å². The number of carbonyl (C=O) groups excluding carboxylic acids is 2. The molecule has 0 bridgehead atoms. The lowest BCUT2D eigenvalue weighted by molar-refractivity contribution is 0.115. The van der Waals surface area contributed by atoms with E-state index in [1.54, 1.807) is 27.7 Å². The number of ether oxygens (including phenoxy) is 2. The van der Waals surface area contributed by atoms with Crippen molar-refractivity contribution >= 4 is 20.6 Å². The van der Waals surface area contributed by atoms with Crippen LogP contribution in [0.1, 0.15) is 27.7 Å². The third-order valence-corrected chi connectivity index (χ3v) is 0.886. The molecule has 86 valence electrons. The molecule has 0 saturated carbocycles. The van der Waals surface area contributed by atoms with E-state index in [9.17, 15) is 9.59 Å². The number of nitrogens with zero attached hydrogens (tertiary/aromatic N) is 2. The second-order valence-electron chi connectivity index (χ2n) is 3.07. The van der Waals surface area contributed by atoms with Crippen molar-refractivity contribution in [2.24, 2.45) is 10.2 Å². The van der Waals surface area contributed by atoms with Gasteiger partial charge in [-0.15, -0.1) is 0 Å². The van der Waals surface area contributed by atoms with Gasteiger partial charge < -0.3 is 9.47 Å². The van der Waals surface area contributed by atoms with Crippen molar-refractivity contribution in [3.8, 4) is 0 Å². The van der Waals surface area contributed by atoms with Crippen LogP contribution in [0.4, 0.5) is 9.59 Å². The quantitative estimate of drug-likeness (QED) is 0.515. The van der Waals surface area contributed by atoms with Gasteiger partial charge in [0.05, 0.1) is 20.6 Å². The maximum atomic E-state index is 10.8. The first-order valence-electron chi connectivity index (χ1n) is 4.24. The lowest BCUT2D eigenvalue weighted by atomic mass is 10.5. The van der Waals surface area contributed by atoms with Crippen LogP contribution in [-0.2, 0) is 9.47 Å². The Morgan fingerprint density at radius 3 is 1.33 bits per heavy atom. The highest BCUT2D eigenvalue weighted by molar-refractivity contribution is 5.75. The molecule has 0 spiro atoms. The van der Waals surface area contributed by atoms with Crippen LogP contribution < -0.4 is 0 Å². The molecular weight excluding hydrogens is 199 g/mol. The summed E-state index contributed by atoms with van der Waals surface area (Å²) in [6.07, 6.45) is -2.38. The Labute approximate surface area is 90.6 Å². The summed E-state index contributed by atoms with van der Waals surface area (Å²) in [4.78, 5) is 21.5. The van der Waals surface area contributed by atoms with Gasteiger partial charge in [0.2, 0.25) is 0 Å². The molecule has 0 N–H and O–H groups in total. The largest absolute Gasteiger partial charge is 0.452 e. The first-order valence-corrected chi connectivity index (χ1v) is 4.24. The molecule has 15 heavy (non-hydrogen) atoms. The molecule has 2 amide bonds. The van der Waals surface area contributed by atoms with E-state index in [4.69, 9.17) is 0 Å². The molecule has 0 atom stereocenters. The fraction of sp³-hybridized carbons (Fsp3) is 0.750. The van der Waals surface area contributed by atoms with Crippen molar-refractivity contribution in [1.29, 1.82) is 0 Å². The number of azo groups is 1. The van der Waals surface area contributed by atoms with Crippen LogP contribution in [0.2, 0.25) is 0 Å². The fourth-order valence-electron chi connectivity index (χ4n) is 0.532. The zero-order valence-corrected chi connectivity index (χ0v) is 8.68. The summed E-state index contributed by atoms with van der Waals surface area (Å²) < 4.78 is 9.20. The minimum atomic E-state index is -0.902. The molecule has 0 aromatic heterocycles. The summed E-state index contributed by atoms with van der Waals surface area (Å²) >= 11 is 0.